The Bertz CT molecular complexity index is 1240. The first-order valence-corrected chi connectivity index (χ1v) is 23.0. The molecule has 1 N–H and O–H groups in total. The fraction of sp³-hybridized carbons (Fsp3) is 0.800. The van der Waals surface area contributed by atoms with Gasteiger partial charge in [-0.15, -0.1) is 0 Å². The van der Waals surface area contributed by atoms with E-state index in [-0.39, 0.29) is 0 Å². The zero-order valence-electron chi connectivity index (χ0n) is 33.8. The van der Waals surface area contributed by atoms with E-state index >= 15 is 0 Å². The number of hydrogen-bond donors (Lipinski definition) is 1. The second-order valence-electron chi connectivity index (χ2n) is 19.7. The molecule has 11 unspecified atom stereocenters. The van der Waals surface area contributed by atoms with Crippen LogP contribution in [0.5, 0.6) is 0 Å². The largest absolute Gasteiger partial charge is 0.310 e. The van der Waals surface area contributed by atoms with Crippen molar-refractivity contribution in [2.24, 2.45) is 76.4 Å². The van der Waals surface area contributed by atoms with Crippen LogP contribution in [0.3, 0.4) is 0 Å². The predicted molar refractivity (Wildman–Crippen MR) is 220 cm³/mol. The van der Waals surface area contributed by atoms with E-state index in [4.69, 9.17) is 0 Å². The minimum atomic E-state index is 0.455. The van der Waals surface area contributed by atoms with E-state index in [1.807, 2.05) is 0 Å². The van der Waals surface area contributed by atoms with E-state index in [0.29, 0.717) is 17.4 Å². The first-order chi connectivity index (χ1) is 25.0. The van der Waals surface area contributed by atoms with Crippen LogP contribution in [-0.2, 0) is 0 Å². The Hall–Kier alpha value is -1.34. The lowest BCUT2D eigenvalue weighted by molar-refractivity contribution is 0.0108. The van der Waals surface area contributed by atoms with Gasteiger partial charge in [-0.3, -0.25) is 0 Å². The summed E-state index contributed by atoms with van der Waals surface area (Å²) in [6.45, 7) is 11.4. The van der Waals surface area contributed by atoms with Crippen molar-refractivity contribution in [3.8, 4) is 0 Å². The summed E-state index contributed by atoms with van der Waals surface area (Å²) < 4.78 is 0. The predicted octanol–water partition coefficient (Wildman–Crippen LogP) is 13.8. The molecule has 1 nitrogen and oxygen atoms in total. The molecule has 1 heteroatoms. The van der Waals surface area contributed by atoms with Gasteiger partial charge in [0.15, 0.2) is 0 Å². The maximum absolute atomic E-state index is 4.36. The molecule has 3 fully saturated rings. The summed E-state index contributed by atoms with van der Waals surface area (Å²) >= 11 is 0. The maximum atomic E-state index is 4.36. The molecule has 0 radical (unpaired) electrons. The van der Waals surface area contributed by atoms with Crippen molar-refractivity contribution in [3.63, 3.8) is 0 Å². The molecule has 0 aromatic rings. The summed E-state index contributed by atoms with van der Waals surface area (Å²) in [7, 11) is 0. The second-order valence-corrected chi connectivity index (χ2v) is 19.7. The van der Waals surface area contributed by atoms with Gasteiger partial charge in [-0.25, -0.2) is 0 Å². The lowest BCUT2D eigenvalue weighted by Gasteiger charge is -2.50. The van der Waals surface area contributed by atoms with E-state index in [2.05, 4.69) is 87.7 Å². The highest BCUT2D eigenvalue weighted by Crippen LogP contribution is 2.53. The van der Waals surface area contributed by atoms with Gasteiger partial charge in [-0.05, 0) is 193 Å². The van der Waals surface area contributed by atoms with Crippen molar-refractivity contribution in [1.82, 2.24) is 5.32 Å². The summed E-state index contributed by atoms with van der Waals surface area (Å²) in [5, 5.41) is 4.36. The fourth-order valence-corrected chi connectivity index (χ4v) is 13.7. The fourth-order valence-electron chi connectivity index (χ4n) is 13.7. The summed E-state index contributed by atoms with van der Waals surface area (Å²) in [6.07, 6.45) is 52.7. The van der Waals surface area contributed by atoms with Gasteiger partial charge in [0.25, 0.3) is 0 Å². The highest BCUT2D eigenvalue weighted by molar-refractivity contribution is 5.22. The Balaban J connectivity index is 1.06. The van der Waals surface area contributed by atoms with Crippen molar-refractivity contribution in [1.29, 1.82) is 0 Å². The van der Waals surface area contributed by atoms with Crippen LogP contribution >= 0.6 is 0 Å². The lowest BCUT2D eigenvalue weighted by Crippen LogP contribution is -2.48. The van der Waals surface area contributed by atoms with Gasteiger partial charge in [0.05, 0.1) is 0 Å². The standard InChI is InChI=1S/C50H79N/c1-5-7-32-50(4,6-2)44-21-14-20-43(34-44)48(35-51-49-25-15-19-40-17-10-11-23-46(40)49)47-24-13-12-22-45(47)36(3)37-26-28-39(29-27-37)42-31-30-38-16-8-9-18-41(38)33-42/h5,7-8,11,15-16,23,25,33,36-40,42-49,51H,6,9-10,12-14,17-22,24,26-32,34-35H2,1-4H3/b7-5-/t36?,37?,38?,39?,40?,42?,43?,44?,45?,46?,47-,48?,49?,50?/m0/s1. The van der Waals surface area contributed by atoms with Crippen LogP contribution in [0.2, 0.25) is 0 Å². The number of rotatable bonds is 12. The minimum Gasteiger partial charge on any atom is -0.310 e. The molecule has 0 aliphatic heterocycles. The van der Waals surface area contributed by atoms with Crippen molar-refractivity contribution in [3.05, 3.63) is 60.3 Å². The molecule has 12 atom stereocenters. The third-order valence-electron chi connectivity index (χ3n) is 17.3. The van der Waals surface area contributed by atoms with Crippen molar-refractivity contribution >= 4 is 0 Å². The number of fused-ring (bicyclic) bond motifs is 2. The molecule has 7 rings (SSSR count). The third kappa shape index (κ3) is 8.81. The summed E-state index contributed by atoms with van der Waals surface area (Å²) in [4.78, 5) is 0. The number of hydrogen-bond acceptors (Lipinski definition) is 1. The van der Waals surface area contributed by atoms with Crippen LogP contribution < -0.4 is 5.32 Å². The molecule has 0 heterocycles. The van der Waals surface area contributed by atoms with Gasteiger partial charge in [-0.2, -0.15) is 0 Å². The Morgan fingerprint density at radius 1 is 0.804 bits per heavy atom. The molecular weight excluding hydrogens is 615 g/mol. The molecule has 0 aromatic heterocycles. The van der Waals surface area contributed by atoms with E-state index in [1.165, 1.54) is 141 Å². The molecule has 284 valence electrons. The quantitative estimate of drug-likeness (QED) is 0.201. The van der Waals surface area contributed by atoms with Crippen LogP contribution in [-0.4, -0.2) is 12.6 Å². The van der Waals surface area contributed by atoms with E-state index in [0.717, 1.165) is 65.1 Å². The van der Waals surface area contributed by atoms with E-state index in [9.17, 15) is 0 Å². The van der Waals surface area contributed by atoms with Crippen molar-refractivity contribution in [2.45, 2.75) is 169 Å². The van der Waals surface area contributed by atoms with Gasteiger partial charge in [0.2, 0.25) is 0 Å². The highest BCUT2D eigenvalue weighted by atomic mass is 14.9. The molecule has 0 saturated heterocycles. The van der Waals surface area contributed by atoms with Gasteiger partial charge < -0.3 is 5.32 Å². The van der Waals surface area contributed by atoms with Gasteiger partial charge in [-0.1, -0.05) is 113 Å². The molecule has 3 saturated carbocycles. The highest BCUT2D eigenvalue weighted by Gasteiger charge is 2.45. The van der Waals surface area contributed by atoms with Crippen LogP contribution in [0.25, 0.3) is 0 Å². The third-order valence-corrected chi connectivity index (χ3v) is 17.3. The van der Waals surface area contributed by atoms with Gasteiger partial charge >= 0.3 is 0 Å². The summed E-state index contributed by atoms with van der Waals surface area (Å²) in [5.74, 6) is 10.5. The molecule has 51 heavy (non-hydrogen) atoms. The van der Waals surface area contributed by atoms with Gasteiger partial charge in [0, 0.05) is 6.04 Å². The molecule has 0 spiro atoms. The summed E-state index contributed by atoms with van der Waals surface area (Å²) in [5.41, 5.74) is 2.26. The average Bonchev–Trinajstić information content (AvgIpc) is 3.20. The Kier molecular flexibility index (Phi) is 13.3. The SMILES string of the molecule is C/C=C\CC(C)(CC)C1CCCC(C(CNC2C=CCC3CCC=CC32)[C@H]2CCCCC2C(C)C2CCC(C3C=C4CCC=CC4CC3)CC2)C1. The van der Waals surface area contributed by atoms with Crippen LogP contribution in [0.4, 0.5) is 0 Å². The average molecular weight is 694 g/mol. The Morgan fingerprint density at radius 2 is 1.63 bits per heavy atom. The maximum Gasteiger partial charge on any atom is 0.0315 e. The Labute approximate surface area is 316 Å². The van der Waals surface area contributed by atoms with E-state index < -0.39 is 0 Å². The molecule has 7 aliphatic rings. The lowest BCUT2D eigenvalue weighted by atomic mass is 9.56. The number of nitrogens with one attached hydrogen (secondary N) is 1. The van der Waals surface area contributed by atoms with Crippen LogP contribution in [0, 0.1) is 76.4 Å². The zero-order chi connectivity index (χ0) is 35.2. The zero-order valence-corrected chi connectivity index (χ0v) is 33.8. The van der Waals surface area contributed by atoms with E-state index in [1.54, 1.807) is 5.57 Å². The van der Waals surface area contributed by atoms with Crippen molar-refractivity contribution < 1.29 is 0 Å². The molecule has 0 aromatic carbocycles. The topological polar surface area (TPSA) is 12.0 Å². The normalized spacial score (nSPS) is 40.9. The Morgan fingerprint density at radius 3 is 2.45 bits per heavy atom. The van der Waals surface area contributed by atoms with Crippen LogP contribution in [0.15, 0.2) is 60.3 Å². The molecule has 0 amide bonds. The van der Waals surface area contributed by atoms with Gasteiger partial charge in [0.1, 0.15) is 0 Å². The first-order valence-electron chi connectivity index (χ1n) is 23.0. The molecule has 0 bridgehead atoms. The number of allylic oxidation sites excluding steroid dienone is 8. The molecule has 7 aliphatic carbocycles. The van der Waals surface area contributed by atoms with Crippen LogP contribution in [0.1, 0.15) is 163 Å². The summed E-state index contributed by atoms with van der Waals surface area (Å²) in [6, 6.07) is 0.544. The smallest absolute Gasteiger partial charge is 0.0315 e. The minimum absolute atomic E-state index is 0.455. The first kappa shape index (κ1) is 38.0. The monoisotopic (exact) mass is 694 g/mol. The second kappa shape index (κ2) is 17.9. The molecular formula is C50H79N. The van der Waals surface area contributed by atoms with Crippen molar-refractivity contribution in [2.75, 3.05) is 6.54 Å².